The van der Waals surface area contributed by atoms with Gasteiger partial charge in [0.05, 0.1) is 5.54 Å². The van der Waals surface area contributed by atoms with E-state index in [0.29, 0.717) is 5.17 Å². The third-order valence-electron chi connectivity index (χ3n) is 3.00. The van der Waals surface area contributed by atoms with Gasteiger partial charge in [-0.25, -0.2) is 0 Å². The molecule has 1 aliphatic rings. The highest BCUT2D eigenvalue weighted by Gasteiger charge is 2.29. The van der Waals surface area contributed by atoms with Crippen LogP contribution in [0.2, 0.25) is 0 Å². The summed E-state index contributed by atoms with van der Waals surface area (Å²) < 4.78 is 0. The van der Waals surface area contributed by atoms with Crippen molar-refractivity contribution in [2.45, 2.75) is 25.8 Å². The lowest BCUT2D eigenvalue weighted by molar-refractivity contribution is -0.114. The van der Waals surface area contributed by atoms with Crippen molar-refractivity contribution in [2.75, 3.05) is 11.1 Å². The largest absolute Gasteiger partial charge is 0.379 e. The van der Waals surface area contributed by atoms with E-state index in [1.54, 1.807) is 11.8 Å². The van der Waals surface area contributed by atoms with E-state index in [2.05, 4.69) is 17.2 Å². The number of nitrogens with two attached hydrogens (primary N) is 1. The number of amidine groups is 1. The van der Waals surface area contributed by atoms with Gasteiger partial charge in [0.25, 0.3) is 0 Å². The van der Waals surface area contributed by atoms with Crippen LogP contribution in [0.15, 0.2) is 29.3 Å². The first-order valence-electron chi connectivity index (χ1n) is 5.86. The molecule has 1 amide bonds. The normalized spacial score (nSPS) is 23.3. The highest BCUT2D eigenvalue weighted by molar-refractivity contribution is 8.13. The number of benzene rings is 1. The van der Waals surface area contributed by atoms with Crippen molar-refractivity contribution in [1.82, 2.24) is 0 Å². The summed E-state index contributed by atoms with van der Waals surface area (Å²) in [6.45, 7) is 3.58. The molecule has 0 radical (unpaired) electrons. The minimum Gasteiger partial charge on any atom is -0.379 e. The topological polar surface area (TPSA) is 67.5 Å². The van der Waals surface area contributed by atoms with Crippen molar-refractivity contribution in [3.63, 3.8) is 0 Å². The quantitative estimate of drug-likeness (QED) is 0.860. The first-order valence-corrected chi connectivity index (χ1v) is 6.84. The summed E-state index contributed by atoms with van der Waals surface area (Å²) in [5.41, 5.74) is 7.40. The standard InChI is InChI=1S/C13H17N3OS/c1-9(17)15-11-5-3-4-10(8-11)13(2)6-7-18-12(14)16-13/h3-5,8H,6-7H2,1-2H3,(H2,14,16)(H,15,17). The van der Waals surface area contributed by atoms with Gasteiger partial charge in [-0.1, -0.05) is 23.9 Å². The van der Waals surface area contributed by atoms with Gasteiger partial charge < -0.3 is 11.1 Å². The number of carbonyl (C=O) groups is 1. The molecule has 2 rings (SSSR count). The van der Waals surface area contributed by atoms with Crippen molar-refractivity contribution < 1.29 is 4.79 Å². The van der Waals surface area contributed by atoms with Crippen LogP contribution in [0.3, 0.4) is 0 Å². The Morgan fingerprint density at radius 1 is 1.56 bits per heavy atom. The van der Waals surface area contributed by atoms with Gasteiger partial charge in [-0.2, -0.15) is 0 Å². The Labute approximate surface area is 111 Å². The minimum absolute atomic E-state index is 0.0699. The molecule has 0 saturated carbocycles. The first-order chi connectivity index (χ1) is 8.49. The lowest BCUT2D eigenvalue weighted by Crippen LogP contribution is -2.28. The second-order valence-electron chi connectivity index (χ2n) is 4.58. The van der Waals surface area contributed by atoms with Crippen molar-refractivity contribution in [3.8, 4) is 0 Å². The highest BCUT2D eigenvalue weighted by atomic mass is 32.2. The average molecular weight is 263 g/mol. The zero-order valence-electron chi connectivity index (χ0n) is 10.6. The van der Waals surface area contributed by atoms with E-state index in [1.807, 2.05) is 24.3 Å². The summed E-state index contributed by atoms with van der Waals surface area (Å²) in [5.74, 6) is 0.899. The first kappa shape index (κ1) is 13.0. The van der Waals surface area contributed by atoms with Crippen LogP contribution < -0.4 is 11.1 Å². The molecule has 1 unspecified atom stereocenters. The molecule has 0 bridgehead atoms. The summed E-state index contributed by atoms with van der Waals surface area (Å²) in [4.78, 5) is 15.6. The molecule has 5 heteroatoms. The molecular weight excluding hydrogens is 246 g/mol. The summed E-state index contributed by atoms with van der Waals surface area (Å²) in [7, 11) is 0. The maximum absolute atomic E-state index is 11.1. The van der Waals surface area contributed by atoms with Gasteiger partial charge >= 0.3 is 0 Å². The number of anilines is 1. The number of rotatable bonds is 2. The number of hydrogen-bond donors (Lipinski definition) is 2. The number of nitrogens with zero attached hydrogens (tertiary/aromatic N) is 1. The maximum Gasteiger partial charge on any atom is 0.221 e. The van der Waals surface area contributed by atoms with Crippen LogP contribution in [-0.2, 0) is 10.3 Å². The number of aliphatic imine (C=N–C) groups is 1. The van der Waals surface area contributed by atoms with Crippen molar-refractivity contribution >= 4 is 28.5 Å². The Balaban J connectivity index is 2.33. The Kier molecular flexibility index (Phi) is 3.61. The van der Waals surface area contributed by atoms with Crippen LogP contribution in [0.1, 0.15) is 25.8 Å². The molecule has 1 heterocycles. The number of thioether (sulfide) groups is 1. The number of amides is 1. The summed E-state index contributed by atoms with van der Waals surface area (Å²) in [5, 5.41) is 3.42. The number of nitrogens with one attached hydrogen (secondary N) is 1. The zero-order chi connectivity index (χ0) is 13.2. The monoisotopic (exact) mass is 263 g/mol. The van der Waals surface area contributed by atoms with E-state index < -0.39 is 0 Å². The van der Waals surface area contributed by atoms with Crippen molar-refractivity contribution in [3.05, 3.63) is 29.8 Å². The Morgan fingerprint density at radius 3 is 3.00 bits per heavy atom. The minimum atomic E-state index is -0.288. The van der Waals surface area contributed by atoms with E-state index in [-0.39, 0.29) is 11.4 Å². The average Bonchev–Trinajstić information content (AvgIpc) is 2.28. The molecular formula is C13H17N3OS. The van der Waals surface area contributed by atoms with Crippen LogP contribution in [0, 0.1) is 0 Å². The Morgan fingerprint density at radius 2 is 2.33 bits per heavy atom. The van der Waals surface area contributed by atoms with Crippen LogP contribution in [0.4, 0.5) is 5.69 Å². The van der Waals surface area contributed by atoms with Crippen LogP contribution in [-0.4, -0.2) is 16.8 Å². The third kappa shape index (κ3) is 2.85. The van der Waals surface area contributed by atoms with Crippen molar-refractivity contribution in [2.24, 2.45) is 10.7 Å². The number of carbonyl (C=O) groups excluding carboxylic acids is 1. The van der Waals surface area contributed by atoms with Gasteiger partial charge in [0, 0.05) is 18.4 Å². The second kappa shape index (κ2) is 5.02. The molecule has 3 N–H and O–H groups in total. The Bertz CT molecular complexity index is 501. The lowest BCUT2D eigenvalue weighted by Gasteiger charge is -2.30. The fourth-order valence-electron chi connectivity index (χ4n) is 2.03. The van der Waals surface area contributed by atoms with Gasteiger partial charge in [0.2, 0.25) is 5.91 Å². The van der Waals surface area contributed by atoms with E-state index >= 15 is 0 Å². The fraction of sp³-hybridized carbons (Fsp3) is 0.385. The van der Waals surface area contributed by atoms with Crippen LogP contribution in [0.5, 0.6) is 0 Å². The molecule has 18 heavy (non-hydrogen) atoms. The van der Waals surface area contributed by atoms with Gasteiger partial charge in [-0.05, 0) is 31.0 Å². The molecule has 96 valence electrons. The predicted molar refractivity (Wildman–Crippen MR) is 76.8 cm³/mol. The zero-order valence-corrected chi connectivity index (χ0v) is 11.4. The third-order valence-corrected chi connectivity index (χ3v) is 3.80. The molecule has 4 nitrogen and oxygen atoms in total. The summed E-state index contributed by atoms with van der Waals surface area (Å²) in [6.07, 6.45) is 0.946. The van der Waals surface area contributed by atoms with Gasteiger partial charge in [-0.3, -0.25) is 9.79 Å². The van der Waals surface area contributed by atoms with Gasteiger partial charge in [0.1, 0.15) is 0 Å². The van der Waals surface area contributed by atoms with E-state index in [1.165, 1.54) is 6.92 Å². The van der Waals surface area contributed by atoms with E-state index in [4.69, 9.17) is 5.73 Å². The maximum atomic E-state index is 11.1. The fourth-order valence-corrected chi connectivity index (χ4v) is 3.00. The smallest absolute Gasteiger partial charge is 0.221 e. The molecule has 0 aromatic heterocycles. The Hall–Kier alpha value is -1.49. The highest BCUT2D eigenvalue weighted by Crippen LogP contribution is 2.35. The van der Waals surface area contributed by atoms with Gasteiger partial charge in [0.15, 0.2) is 5.17 Å². The molecule has 0 fully saturated rings. The molecule has 0 saturated heterocycles. The summed E-state index contributed by atoms with van der Waals surface area (Å²) in [6, 6.07) is 7.80. The second-order valence-corrected chi connectivity index (χ2v) is 5.70. The molecule has 1 aliphatic heterocycles. The number of hydrogen-bond acceptors (Lipinski definition) is 4. The van der Waals surface area contributed by atoms with E-state index in [0.717, 1.165) is 23.4 Å². The van der Waals surface area contributed by atoms with Crippen molar-refractivity contribution in [1.29, 1.82) is 0 Å². The predicted octanol–water partition coefficient (Wildman–Crippen LogP) is 2.31. The summed E-state index contributed by atoms with van der Waals surface area (Å²) >= 11 is 1.59. The van der Waals surface area contributed by atoms with Crippen LogP contribution >= 0.6 is 11.8 Å². The molecule has 1 aromatic rings. The van der Waals surface area contributed by atoms with Gasteiger partial charge in [-0.15, -0.1) is 0 Å². The molecule has 0 aliphatic carbocycles. The molecule has 1 aromatic carbocycles. The lowest BCUT2D eigenvalue weighted by atomic mass is 9.89. The SMILES string of the molecule is CC(=O)Nc1cccc(C2(C)CCSC(N)=N2)c1. The van der Waals surface area contributed by atoms with E-state index in [9.17, 15) is 4.79 Å². The molecule has 1 atom stereocenters. The molecule has 0 spiro atoms. The van der Waals surface area contributed by atoms with Crippen LogP contribution in [0.25, 0.3) is 0 Å².